The Kier molecular flexibility index (Phi) is 4.19. The number of aryl methyl sites for hydroxylation is 2. The summed E-state index contributed by atoms with van der Waals surface area (Å²) in [6.07, 6.45) is 2.17. The minimum absolute atomic E-state index is 0.0879. The zero-order valence-corrected chi connectivity index (χ0v) is 13.3. The van der Waals surface area contributed by atoms with Gasteiger partial charge in [0.2, 0.25) is 11.8 Å². The van der Waals surface area contributed by atoms with E-state index in [2.05, 4.69) is 10.6 Å². The largest absolute Gasteiger partial charge is 0.467 e. The molecule has 1 saturated carbocycles. The van der Waals surface area contributed by atoms with Crippen molar-refractivity contribution in [2.75, 3.05) is 5.32 Å². The van der Waals surface area contributed by atoms with Crippen molar-refractivity contribution in [2.24, 2.45) is 11.8 Å². The van der Waals surface area contributed by atoms with Crippen LogP contribution in [0, 0.1) is 25.7 Å². The van der Waals surface area contributed by atoms with Crippen LogP contribution in [0.2, 0.25) is 0 Å². The summed E-state index contributed by atoms with van der Waals surface area (Å²) in [6.45, 7) is 4.33. The van der Waals surface area contributed by atoms with Crippen molar-refractivity contribution in [2.45, 2.75) is 26.8 Å². The van der Waals surface area contributed by atoms with Gasteiger partial charge in [-0.05, 0) is 44.0 Å². The Bertz CT molecular complexity index is 722. The summed E-state index contributed by atoms with van der Waals surface area (Å²) >= 11 is 0. The molecule has 1 aliphatic rings. The summed E-state index contributed by atoms with van der Waals surface area (Å²) < 4.78 is 5.17. The van der Waals surface area contributed by atoms with Crippen molar-refractivity contribution < 1.29 is 14.0 Å². The van der Waals surface area contributed by atoms with Gasteiger partial charge >= 0.3 is 0 Å². The highest BCUT2D eigenvalue weighted by Crippen LogP contribution is 2.39. The standard InChI is InChI=1S/C18H20N2O3/c1-11-5-6-16(12(2)8-11)20-18(22)15-9-14(15)17(21)19-10-13-4-3-7-23-13/h3-8,14-15H,9-10H2,1-2H3,(H,19,21)(H,20,22). The summed E-state index contributed by atoms with van der Waals surface area (Å²) in [7, 11) is 0. The number of rotatable bonds is 5. The molecule has 1 aromatic heterocycles. The van der Waals surface area contributed by atoms with Gasteiger partial charge in [-0.2, -0.15) is 0 Å². The van der Waals surface area contributed by atoms with E-state index in [1.54, 1.807) is 18.4 Å². The number of hydrogen-bond donors (Lipinski definition) is 2. The van der Waals surface area contributed by atoms with Crippen LogP contribution in [0.1, 0.15) is 23.3 Å². The molecular formula is C18H20N2O3. The Balaban J connectivity index is 1.51. The first-order valence-corrected chi connectivity index (χ1v) is 7.73. The lowest BCUT2D eigenvalue weighted by Crippen LogP contribution is -2.27. The maximum Gasteiger partial charge on any atom is 0.228 e. The average molecular weight is 312 g/mol. The molecule has 1 heterocycles. The van der Waals surface area contributed by atoms with Gasteiger partial charge in [0.05, 0.1) is 24.6 Å². The summed E-state index contributed by atoms with van der Waals surface area (Å²) in [5.41, 5.74) is 2.99. The lowest BCUT2D eigenvalue weighted by molar-refractivity contribution is -0.125. The SMILES string of the molecule is Cc1ccc(NC(=O)C2CC2C(=O)NCc2ccco2)c(C)c1. The number of benzene rings is 1. The predicted octanol–water partition coefficient (Wildman–Crippen LogP) is 2.79. The molecule has 2 unspecified atom stereocenters. The number of carbonyl (C=O) groups excluding carboxylic acids is 2. The van der Waals surface area contributed by atoms with Crippen LogP contribution in [0.25, 0.3) is 0 Å². The number of hydrogen-bond acceptors (Lipinski definition) is 3. The normalized spacial score (nSPS) is 19.2. The molecule has 1 fully saturated rings. The second kappa shape index (κ2) is 6.28. The van der Waals surface area contributed by atoms with Gasteiger partial charge in [0.15, 0.2) is 0 Å². The Morgan fingerprint density at radius 1 is 1.17 bits per heavy atom. The molecule has 0 bridgehead atoms. The van der Waals surface area contributed by atoms with Crippen LogP contribution in [0.4, 0.5) is 5.69 Å². The molecule has 5 heteroatoms. The highest BCUT2D eigenvalue weighted by molar-refractivity contribution is 5.99. The first kappa shape index (κ1) is 15.3. The van der Waals surface area contributed by atoms with Gasteiger partial charge in [0.25, 0.3) is 0 Å². The molecular weight excluding hydrogens is 292 g/mol. The number of anilines is 1. The monoisotopic (exact) mass is 312 g/mol. The third kappa shape index (κ3) is 3.62. The first-order valence-electron chi connectivity index (χ1n) is 7.73. The predicted molar refractivity (Wildman–Crippen MR) is 86.7 cm³/mol. The van der Waals surface area contributed by atoms with E-state index in [9.17, 15) is 9.59 Å². The van der Waals surface area contributed by atoms with E-state index < -0.39 is 0 Å². The van der Waals surface area contributed by atoms with Crippen molar-refractivity contribution in [1.82, 2.24) is 5.32 Å². The molecule has 5 nitrogen and oxygen atoms in total. The molecule has 0 saturated heterocycles. The van der Waals surface area contributed by atoms with E-state index in [0.717, 1.165) is 16.8 Å². The van der Waals surface area contributed by atoms with Gasteiger partial charge in [-0.25, -0.2) is 0 Å². The van der Waals surface area contributed by atoms with E-state index in [-0.39, 0.29) is 23.7 Å². The summed E-state index contributed by atoms with van der Waals surface area (Å²) in [6, 6.07) is 9.46. The van der Waals surface area contributed by atoms with Crippen molar-refractivity contribution in [3.63, 3.8) is 0 Å². The Hall–Kier alpha value is -2.56. The van der Waals surface area contributed by atoms with E-state index in [0.29, 0.717) is 18.7 Å². The molecule has 0 spiro atoms. The van der Waals surface area contributed by atoms with Crippen LogP contribution in [0.5, 0.6) is 0 Å². The Morgan fingerprint density at radius 2 is 1.96 bits per heavy atom. The number of furan rings is 1. The van der Waals surface area contributed by atoms with Crippen LogP contribution < -0.4 is 10.6 Å². The van der Waals surface area contributed by atoms with E-state index >= 15 is 0 Å². The minimum Gasteiger partial charge on any atom is -0.467 e. The lowest BCUT2D eigenvalue weighted by atomic mass is 10.1. The fourth-order valence-electron chi connectivity index (χ4n) is 2.67. The van der Waals surface area contributed by atoms with Crippen LogP contribution >= 0.6 is 0 Å². The molecule has 3 rings (SSSR count). The first-order chi connectivity index (χ1) is 11.0. The highest BCUT2D eigenvalue weighted by atomic mass is 16.3. The second-order valence-electron chi connectivity index (χ2n) is 6.05. The molecule has 2 amide bonds. The molecule has 2 N–H and O–H groups in total. The number of carbonyl (C=O) groups is 2. The van der Waals surface area contributed by atoms with Crippen LogP contribution in [-0.2, 0) is 16.1 Å². The van der Waals surface area contributed by atoms with Gasteiger partial charge in [-0.1, -0.05) is 17.7 Å². The molecule has 0 aliphatic heterocycles. The zero-order valence-electron chi connectivity index (χ0n) is 13.3. The van der Waals surface area contributed by atoms with Gasteiger partial charge in [-0.15, -0.1) is 0 Å². The van der Waals surface area contributed by atoms with Crippen LogP contribution in [0.3, 0.4) is 0 Å². The fraction of sp³-hybridized carbons (Fsp3) is 0.333. The maximum atomic E-state index is 12.3. The van der Waals surface area contributed by atoms with Crippen molar-refractivity contribution >= 4 is 17.5 Å². The number of nitrogens with one attached hydrogen (secondary N) is 2. The third-order valence-corrected chi connectivity index (χ3v) is 4.12. The van der Waals surface area contributed by atoms with Gasteiger partial charge in [-0.3, -0.25) is 9.59 Å². The summed E-state index contributed by atoms with van der Waals surface area (Å²) in [5, 5.41) is 5.72. The molecule has 1 aromatic carbocycles. The van der Waals surface area contributed by atoms with Crippen molar-refractivity contribution in [3.05, 3.63) is 53.5 Å². The topological polar surface area (TPSA) is 71.3 Å². The molecule has 1 aliphatic carbocycles. The third-order valence-electron chi connectivity index (χ3n) is 4.12. The van der Waals surface area contributed by atoms with Crippen LogP contribution in [-0.4, -0.2) is 11.8 Å². The van der Waals surface area contributed by atoms with Crippen molar-refractivity contribution in [3.8, 4) is 0 Å². The summed E-state index contributed by atoms with van der Waals surface area (Å²) in [4.78, 5) is 24.3. The fourth-order valence-corrected chi connectivity index (χ4v) is 2.67. The number of amides is 2. The molecule has 2 atom stereocenters. The lowest BCUT2D eigenvalue weighted by Gasteiger charge is -2.09. The van der Waals surface area contributed by atoms with E-state index in [1.807, 2.05) is 32.0 Å². The highest BCUT2D eigenvalue weighted by Gasteiger charge is 2.48. The van der Waals surface area contributed by atoms with Crippen LogP contribution in [0.15, 0.2) is 41.0 Å². The molecule has 2 aromatic rings. The molecule has 23 heavy (non-hydrogen) atoms. The Morgan fingerprint density at radius 3 is 2.65 bits per heavy atom. The molecule has 120 valence electrons. The Labute approximate surface area is 135 Å². The average Bonchev–Trinajstić information content (AvgIpc) is 3.16. The molecule has 0 radical (unpaired) electrons. The maximum absolute atomic E-state index is 12.3. The summed E-state index contributed by atoms with van der Waals surface area (Å²) in [5.74, 6) is 0.0376. The van der Waals surface area contributed by atoms with Gasteiger partial charge in [0.1, 0.15) is 5.76 Å². The zero-order chi connectivity index (χ0) is 16.4. The second-order valence-corrected chi connectivity index (χ2v) is 6.05. The smallest absolute Gasteiger partial charge is 0.228 e. The quantitative estimate of drug-likeness (QED) is 0.892. The van der Waals surface area contributed by atoms with Gasteiger partial charge < -0.3 is 15.1 Å². The van der Waals surface area contributed by atoms with E-state index in [4.69, 9.17) is 4.42 Å². The minimum atomic E-state index is -0.243. The van der Waals surface area contributed by atoms with Crippen molar-refractivity contribution in [1.29, 1.82) is 0 Å². The van der Waals surface area contributed by atoms with Gasteiger partial charge in [0, 0.05) is 5.69 Å². The van der Waals surface area contributed by atoms with E-state index in [1.165, 1.54) is 0 Å².